The Labute approximate surface area is 139 Å². The summed E-state index contributed by atoms with van der Waals surface area (Å²) in [6, 6.07) is 6.73. The summed E-state index contributed by atoms with van der Waals surface area (Å²) in [4.78, 5) is 15.4. The van der Waals surface area contributed by atoms with Crippen molar-refractivity contribution >= 4 is 33.3 Å². The molecule has 0 aliphatic heterocycles. The molecule has 23 heavy (non-hydrogen) atoms. The molecule has 0 saturated heterocycles. The molecule has 2 aliphatic carbocycles. The van der Waals surface area contributed by atoms with Crippen molar-refractivity contribution in [3.05, 3.63) is 47.9 Å². The third kappa shape index (κ3) is 2.78. The molecular formula is C19H17ClFNO. The lowest BCUT2D eigenvalue weighted by Crippen LogP contribution is -2.01. The highest BCUT2D eigenvalue weighted by Gasteiger charge is 2.38. The van der Waals surface area contributed by atoms with Crippen LogP contribution >= 0.6 is 11.6 Å². The largest absolute Gasteiger partial charge is 0.281 e. The topological polar surface area (TPSA) is 30.0 Å². The Bertz CT molecular complexity index is 816. The van der Waals surface area contributed by atoms with Crippen LogP contribution in [0.5, 0.6) is 0 Å². The van der Waals surface area contributed by atoms with E-state index in [1.165, 1.54) is 11.6 Å². The number of rotatable bonds is 3. The minimum Gasteiger partial charge on any atom is -0.281 e. The van der Waals surface area contributed by atoms with E-state index in [0.717, 1.165) is 35.7 Å². The first kappa shape index (κ1) is 14.8. The van der Waals surface area contributed by atoms with E-state index in [1.807, 2.05) is 6.07 Å². The number of nitrogens with zero attached hydrogens (tertiary/aromatic N) is 1. The predicted molar refractivity (Wildman–Crippen MR) is 89.5 cm³/mol. The summed E-state index contributed by atoms with van der Waals surface area (Å²) in [5, 5.41) is 0.654. The van der Waals surface area contributed by atoms with Crippen molar-refractivity contribution in [3.63, 3.8) is 0 Å². The van der Waals surface area contributed by atoms with Gasteiger partial charge in [0.2, 0.25) is 5.24 Å². The summed E-state index contributed by atoms with van der Waals surface area (Å²) >= 11 is 5.52. The Kier molecular flexibility index (Phi) is 3.68. The average molecular weight is 330 g/mol. The van der Waals surface area contributed by atoms with Gasteiger partial charge in [-0.25, -0.2) is 4.39 Å². The van der Waals surface area contributed by atoms with E-state index >= 15 is 0 Å². The highest BCUT2D eigenvalue weighted by molar-refractivity contribution is 6.63. The van der Waals surface area contributed by atoms with E-state index < -0.39 is 0 Å². The molecule has 1 aromatic heterocycles. The quantitative estimate of drug-likeness (QED) is 0.745. The molecule has 118 valence electrons. The lowest BCUT2D eigenvalue weighted by atomic mass is 9.94. The molecule has 1 heterocycles. The van der Waals surface area contributed by atoms with Gasteiger partial charge in [0.15, 0.2) is 0 Å². The number of aromatic nitrogens is 1. The normalized spacial score (nSPS) is 26.3. The van der Waals surface area contributed by atoms with Gasteiger partial charge in [0.25, 0.3) is 0 Å². The van der Waals surface area contributed by atoms with Gasteiger partial charge >= 0.3 is 0 Å². The highest BCUT2D eigenvalue weighted by atomic mass is 35.5. The molecule has 2 aliphatic rings. The van der Waals surface area contributed by atoms with Gasteiger partial charge < -0.3 is 0 Å². The van der Waals surface area contributed by atoms with Crippen molar-refractivity contribution in [1.82, 2.24) is 4.98 Å². The Balaban J connectivity index is 1.64. The van der Waals surface area contributed by atoms with Crippen LogP contribution < -0.4 is 0 Å². The van der Waals surface area contributed by atoms with Gasteiger partial charge in [-0.15, -0.1) is 0 Å². The minimum absolute atomic E-state index is 0.227. The maximum atomic E-state index is 13.6. The Morgan fingerprint density at radius 3 is 2.96 bits per heavy atom. The predicted octanol–water partition coefficient (Wildman–Crippen LogP) is 4.96. The summed E-state index contributed by atoms with van der Waals surface area (Å²) < 4.78 is 13.6. The molecule has 2 nitrogen and oxygen atoms in total. The molecule has 0 N–H and O–H groups in total. The third-order valence-electron chi connectivity index (χ3n) is 5.24. The number of allylic oxidation sites excluding steroid dienone is 2. The number of benzene rings is 1. The van der Waals surface area contributed by atoms with E-state index in [2.05, 4.69) is 11.1 Å². The lowest BCUT2D eigenvalue weighted by molar-refractivity contribution is -0.112. The molecule has 4 rings (SSSR count). The smallest absolute Gasteiger partial charge is 0.221 e. The van der Waals surface area contributed by atoms with Crippen molar-refractivity contribution in [1.29, 1.82) is 0 Å². The number of carbonyl (C=O) groups excluding carboxylic acids is 1. The van der Waals surface area contributed by atoms with Crippen molar-refractivity contribution < 1.29 is 9.18 Å². The summed E-state index contributed by atoms with van der Waals surface area (Å²) in [6.45, 7) is 0. The zero-order valence-electron chi connectivity index (χ0n) is 12.6. The van der Waals surface area contributed by atoms with Gasteiger partial charge in [0, 0.05) is 18.0 Å². The van der Waals surface area contributed by atoms with E-state index in [0.29, 0.717) is 24.2 Å². The van der Waals surface area contributed by atoms with Gasteiger partial charge in [-0.05, 0) is 84.0 Å². The van der Waals surface area contributed by atoms with Crippen LogP contribution in [0, 0.1) is 23.6 Å². The Morgan fingerprint density at radius 2 is 2.17 bits per heavy atom. The summed E-state index contributed by atoms with van der Waals surface area (Å²) in [7, 11) is 0. The first-order chi connectivity index (χ1) is 11.1. The Hall–Kier alpha value is -1.74. The van der Waals surface area contributed by atoms with Crippen LogP contribution in [-0.2, 0) is 4.79 Å². The fourth-order valence-corrected chi connectivity index (χ4v) is 4.53. The maximum absolute atomic E-state index is 13.6. The SMILES string of the molecule is O=C(Cl)C[C@H]1CC2CC(c3ccnc4ccc(F)cc34)=C[C@@H]2C1. The average Bonchev–Trinajstić information content (AvgIpc) is 3.04. The van der Waals surface area contributed by atoms with E-state index in [9.17, 15) is 9.18 Å². The first-order valence-corrected chi connectivity index (χ1v) is 8.41. The van der Waals surface area contributed by atoms with Crippen LogP contribution in [0.3, 0.4) is 0 Å². The molecule has 0 bridgehead atoms. The third-order valence-corrected chi connectivity index (χ3v) is 5.40. The molecule has 3 atom stereocenters. The Morgan fingerprint density at radius 1 is 1.30 bits per heavy atom. The van der Waals surface area contributed by atoms with Gasteiger partial charge in [-0.3, -0.25) is 9.78 Å². The minimum atomic E-state index is -0.230. The fourth-order valence-electron chi connectivity index (χ4n) is 4.32. The molecule has 4 heteroatoms. The molecule has 2 aromatic rings. The number of hydrogen-bond donors (Lipinski definition) is 0. The summed E-state index contributed by atoms with van der Waals surface area (Å²) in [5.74, 6) is 1.29. The lowest BCUT2D eigenvalue weighted by Gasteiger charge is -2.11. The van der Waals surface area contributed by atoms with Crippen molar-refractivity contribution in [2.24, 2.45) is 17.8 Å². The van der Waals surface area contributed by atoms with Gasteiger partial charge in [0.05, 0.1) is 5.52 Å². The van der Waals surface area contributed by atoms with Crippen LogP contribution in [0.1, 0.15) is 31.2 Å². The van der Waals surface area contributed by atoms with E-state index in [4.69, 9.17) is 11.6 Å². The van der Waals surface area contributed by atoms with Gasteiger partial charge in [0.1, 0.15) is 5.82 Å². The van der Waals surface area contributed by atoms with Crippen molar-refractivity contribution in [2.75, 3.05) is 0 Å². The molecule has 0 radical (unpaired) electrons. The monoisotopic (exact) mass is 329 g/mol. The number of pyridine rings is 1. The fraction of sp³-hybridized carbons (Fsp3) is 0.368. The van der Waals surface area contributed by atoms with Gasteiger partial charge in [-0.2, -0.15) is 0 Å². The van der Waals surface area contributed by atoms with Crippen molar-refractivity contribution in [2.45, 2.75) is 25.7 Å². The number of hydrogen-bond acceptors (Lipinski definition) is 2. The van der Waals surface area contributed by atoms with Crippen LogP contribution in [0.25, 0.3) is 16.5 Å². The summed E-state index contributed by atoms with van der Waals surface area (Å²) in [5.41, 5.74) is 3.20. The zero-order chi connectivity index (χ0) is 16.0. The second-order valence-electron chi connectivity index (χ2n) is 6.74. The van der Waals surface area contributed by atoms with Crippen LogP contribution in [0.15, 0.2) is 36.5 Å². The second kappa shape index (κ2) is 5.72. The number of fused-ring (bicyclic) bond motifs is 2. The standard InChI is InChI=1S/C19H17ClFNO/c20-19(23)7-11-5-12-8-14(9-13(12)6-11)16-3-4-22-18-2-1-15(21)10-17(16)18/h1-4,8,10-13H,5-7,9H2/t11-,12+,13?/m1/s1. The van der Waals surface area contributed by atoms with E-state index in [-0.39, 0.29) is 11.1 Å². The second-order valence-corrected chi connectivity index (χ2v) is 7.16. The van der Waals surface area contributed by atoms with Crippen molar-refractivity contribution in [3.8, 4) is 0 Å². The number of halogens is 2. The molecule has 1 saturated carbocycles. The van der Waals surface area contributed by atoms with Crippen LogP contribution in [-0.4, -0.2) is 10.2 Å². The maximum Gasteiger partial charge on any atom is 0.221 e. The van der Waals surface area contributed by atoms with Crippen LogP contribution in [0.4, 0.5) is 4.39 Å². The molecule has 1 unspecified atom stereocenters. The van der Waals surface area contributed by atoms with Crippen LogP contribution in [0.2, 0.25) is 0 Å². The molecule has 1 fully saturated rings. The molecule has 0 amide bonds. The molecule has 1 aromatic carbocycles. The zero-order valence-corrected chi connectivity index (χ0v) is 13.4. The van der Waals surface area contributed by atoms with E-state index in [1.54, 1.807) is 18.3 Å². The van der Waals surface area contributed by atoms with Gasteiger partial charge in [-0.1, -0.05) is 6.08 Å². The molecular weight excluding hydrogens is 313 g/mol. The first-order valence-electron chi connectivity index (χ1n) is 8.04. The molecule has 0 spiro atoms. The highest BCUT2D eigenvalue weighted by Crippen LogP contribution is 2.49. The number of carbonyl (C=O) groups is 1. The summed E-state index contributed by atoms with van der Waals surface area (Å²) in [6.07, 6.45) is 7.68.